The Hall–Kier alpha value is -3.02. The van der Waals surface area contributed by atoms with Gasteiger partial charge in [0.25, 0.3) is 0 Å². The van der Waals surface area contributed by atoms with Crippen molar-refractivity contribution >= 4 is 17.7 Å². The molecule has 6 heteroatoms. The minimum Gasteiger partial charge on any atom is -0.490 e. The molecule has 2 aromatic rings. The van der Waals surface area contributed by atoms with Crippen LogP contribution in [0.4, 0.5) is 10.5 Å². The molecule has 0 aromatic heterocycles. The SMILES string of the molecule is Cc1ccccc1OCCOC(=O)CCNC(=O)Nc1ccccc1. The summed E-state index contributed by atoms with van der Waals surface area (Å²) in [6, 6.07) is 16.4. The van der Waals surface area contributed by atoms with Crippen LogP contribution in [0.2, 0.25) is 0 Å². The molecule has 2 N–H and O–H groups in total. The molecule has 0 aliphatic heterocycles. The summed E-state index contributed by atoms with van der Waals surface area (Å²) >= 11 is 0. The summed E-state index contributed by atoms with van der Waals surface area (Å²) in [5.74, 6) is 0.395. The lowest BCUT2D eigenvalue weighted by Gasteiger charge is -2.10. The Kier molecular flexibility index (Phi) is 7.31. The lowest BCUT2D eigenvalue weighted by molar-refractivity contribution is -0.144. The van der Waals surface area contributed by atoms with Crippen molar-refractivity contribution in [2.75, 3.05) is 25.1 Å². The monoisotopic (exact) mass is 342 g/mol. The van der Waals surface area contributed by atoms with E-state index in [1.54, 1.807) is 12.1 Å². The van der Waals surface area contributed by atoms with Gasteiger partial charge in [-0.2, -0.15) is 0 Å². The molecule has 2 rings (SSSR count). The molecule has 25 heavy (non-hydrogen) atoms. The number of carbonyl (C=O) groups excluding carboxylic acids is 2. The Morgan fingerprint density at radius 2 is 1.68 bits per heavy atom. The zero-order valence-corrected chi connectivity index (χ0v) is 14.2. The van der Waals surface area contributed by atoms with Crippen LogP contribution in [0.25, 0.3) is 0 Å². The summed E-state index contributed by atoms with van der Waals surface area (Å²) in [7, 11) is 0. The summed E-state index contributed by atoms with van der Waals surface area (Å²) < 4.78 is 10.6. The van der Waals surface area contributed by atoms with E-state index in [1.165, 1.54) is 0 Å². The smallest absolute Gasteiger partial charge is 0.319 e. The number of rotatable bonds is 8. The largest absolute Gasteiger partial charge is 0.490 e. The van der Waals surface area contributed by atoms with Crippen molar-refractivity contribution in [3.05, 3.63) is 60.2 Å². The quantitative estimate of drug-likeness (QED) is 0.571. The van der Waals surface area contributed by atoms with Crippen LogP contribution in [-0.2, 0) is 9.53 Å². The van der Waals surface area contributed by atoms with E-state index in [-0.39, 0.29) is 31.6 Å². The van der Waals surface area contributed by atoms with Crippen molar-refractivity contribution in [3.8, 4) is 5.75 Å². The van der Waals surface area contributed by atoms with Crippen LogP contribution in [0, 0.1) is 6.92 Å². The zero-order valence-electron chi connectivity index (χ0n) is 14.2. The fourth-order valence-electron chi connectivity index (χ4n) is 2.07. The minimum atomic E-state index is -0.381. The van der Waals surface area contributed by atoms with Gasteiger partial charge in [0.1, 0.15) is 19.0 Å². The highest BCUT2D eigenvalue weighted by Gasteiger charge is 2.06. The lowest BCUT2D eigenvalue weighted by Crippen LogP contribution is -2.31. The Bertz CT molecular complexity index is 689. The number of para-hydroxylation sites is 2. The van der Waals surface area contributed by atoms with Gasteiger partial charge in [-0.05, 0) is 30.7 Å². The fraction of sp³-hybridized carbons (Fsp3) is 0.263. The van der Waals surface area contributed by atoms with E-state index in [0.717, 1.165) is 11.3 Å². The van der Waals surface area contributed by atoms with Crippen LogP contribution in [0.1, 0.15) is 12.0 Å². The summed E-state index contributed by atoms with van der Waals surface area (Å²) in [6.07, 6.45) is 0.104. The van der Waals surface area contributed by atoms with E-state index in [9.17, 15) is 9.59 Å². The highest BCUT2D eigenvalue weighted by atomic mass is 16.6. The first kappa shape index (κ1) is 18.3. The summed E-state index contributed by atoms with van der Waals surface area (Å²) in [4.78, 5) is 23.3. The summed E-state index contributed by atoms with van der Waals surface area (Å²) in [5.41, 5.74) is 1.72. The Balaban J connectivity index is 1.55. The standard InChI is InChI=1S/C19H22N2O4/c1-15-7-5-6-10-17(15)24-13-14-25-18(22)11-12-20-19(23)21-16-8-3-2-4-9-16/h2-10H,11-14H2,1H3,(H2,20,21,23). The molecule has 0 atom stereocenters. The number of nitrogens with one attached hydrogen (secondary N) is 2. The summed E-state index contributed by atoms with van der Waals surface area (Å²) in [5, 5.41) is 5.27. The van der Waals surface area contributed by atoms with Gasteiger partial charge in [0, 0.05) is 12.2 Å². The van der Waals surface area contributed by atoms with Gasteiger partial charge in [0.15, 0.2) is 0 Å². The average molecular weight is 342 g/mol. The van der Waals surface area contributed by atoms with E-state index in [4.69, 9.17) is 9.47 Å². The van der Waals surface area contributed by atoms with Crippen molar-refractivity contribution < 1.29 is 19.1 Å². The Morgan fingerprint density at radius 3 is 2.44 bits per heavy atom. The number of carbonyl (C=O) groups is 2. The van der Waals surface area contributed by atoms with E-state index in [2.05, 4.69) is 10.6 Å². The van der Waals surface area contributed by atoms with Gasteiger partial charge in [0.05, 0.1) is 6.42 Å². The molecule has 0 fully saturated rings. The van der Waals surface area contributed by atoms with E-state index < -0.39 is 0 Å². The van der Waals surface area contributed by atoms with Crippen molar-refractivity contribution in [2.24, 2.45) is 0 Å². The second-order valence-electron chi connectivity index (χ2n) is 5.33. The molecular weight excluding hydrogens is 320 g/mol. The molecule has 0 bridgehead atoms. The van der Waals surface area contributed by atoms with Gasteiger partial charge < -0.3 is 20.1 Å². The predicted molar refractivity (Wildman–Crippen MR) is 95.7 cm³/mol. The number of esters is 1. The van der Waals surface area contributed by atoms with Crippen molar-refractivity contribution in [1.82, 2.24) is 5.32 Å². The van der Waals surface area contributed by atoms with Crippen LogP contribution in [0.3, 0.4) is 0 Å². The van der Waals surface area contributed by atoms with Crippen LogP contribution in [0.15, 0.2) is 54.6 Å². The molecule has 0 saturated heterocycles. The van der Waals surface area contributed by atoms with Crippen molar-refractivity contribution in [3.63, 3.8) is 0 Å². The van der Waals surface area contributed by atoms with E-state index >= 15 is 0 Å². The molecule has 0 radical (unpaired) electrons. The van der Waals surface area contributed by atoms with Crippen LogP contribution >= 0.6 is 0 Å². The third kappa shape index (κ3) is 6.95. The average Bonchev–Trinajstić information content (AvgIpc) is 2.61. The maximum absolute atomic E-state index is 11.6. The van der Waals surface area contributed by atoms with E-state index in [0.29, 0.717) is 12.3 Å². The molecule has 2 amide bonds. The molecule has 6 nitrogen and oxygen atoms in total. The van der Waals surface area contributed by atoms with Gasteiger partial charge in [-0.1, -0.05) is 36.4 Å². The number of aryl methyl sites for hydroxylation is 1. The van der Waals surface area contributed by atoms with Crippen molar-refractivity contribution in [1.29, 1.82) is 0 Å². The van der Waals surface area contributed by atoms with Gasteiger partial charge in [-0.15, -0.1) is 0 Å². The summed E-state index contributed by atoms with van der Waals surface area (Å²) in [6.45, 7) is 2.62. The van der Waals surface area contributed by atoms with Gasteiger partial charge >= 0.3 is 12.0 Å². The zero-order chi connectivity index (χ0) is 17.9. The second kappa shape index (κ2) is 9.97. The van der Waals surface area contributed by atoms with Gasteiger partial charge in [0.2, 0.25) is 0 Å². The first-order valence-corrected chi connectivity index (χ1v) is 8.09. The molecule has 0 aliphatic rings. The highest BCUT2D eigenvalue weighted by Crippen LogP contribution is 2.15. The predicted octanol–water partition coefficient (Wildman–Crippen LogP) is 3.13. The minimum absolute atomic E-state index is 0.104. The molecular formula is C19H22N2O4. The molecule has 0 saturated carbocycles. The number of amides is 2. The number of hydrogen-bond donors (Lipinski definition) is 2. The molecule has 0 unspecified atom stereocenters. The molecule has 0 spiro atoms. The molecule has 0 heterocycles. The third-order valence-electron chi connectivity index (χ3n) is 3.34. The fourth-order valence-corrected chi connectivity index (χ4v) is 2.07. The van der Waals surface area contributed by atoms with Crippen LogP contribution in [-0.4, -0.2) is 31.8 Å². The number of benzene rings is 2. The molecule has 2 aromatic carbocycles. The van der Waals surface area contributed by atoms with Crippen LogP contribution < -0.4 is 15.4 Å². The second-order valence-corrected chi connectivity index (χ2v) is 5.33. The van der Waals surface area contributed by atoms with Crippen LogP contribution in [0.5, 0.6) is 5.75 Å². The van der Waals surface area contributed by atoms with Gasteiger partial charge in [-0.25, -0.2) is 4.79 Å². The van der Waals surface area contributed by atoms with Crippen molar-refractivity contribution in [2.45, 2.75) is 13.3 Å². The number of urea groups is 1. The molecule has 0 aliphatic carbocycles. The third-order valence-corrected chi connectivity index (χ3v) is 3.34. The first-order chi connectivity index (χ1) is 12.1. The van der Waals surface area contributed by atoms with Gasteiger partial charge in [-0.3, -0.25) is 4.79 Å². The Morgan fingerprint density at radius 1 is 0.960 bits per heavy atom. The Labute approximate surface area is 147 Å². The first-order valence-electron chi connectivity index (χ1n) is 8.09. The normalized spacial score (nSPS) is 9.96. The highest BCUT2D eigenvalue weighted by molar-refractivity contribution is 5.89. The van der Waals surface area contributed by atoms with E-state index in [1.807, 2.05) is 49.4 Å². The number of anilines is 1. The number of ether oxygens (including phenoxy) is 2. The number of hydrogen-bond acceptors (Lipinski definition) is 4. The topological polar surface area (TPSA) is 76.7 Å². The maximum atomic E-state index is 11.6. The maximum Gasteiger partial charge on any atom is 0.319 e. The molecule has 132 valence electrons. The lowest BCUT2D eigenvalue weighted by atomic mass is 10.2.